The quantitative estimate of drug-likeness (QED) is 0.739. The molecule has 2 atom stereocenters. The molecule has 31 heavy (non-hydrogen) atoms. The Morgan fingerprint density at radius 3 is 2.94 bits per heavy atom. The lowest BCUT2D eigenvalue weighted by molar-refractivity contribution is -0.124. The Hall–Kier alpha value is -2.92. The summed E-state index contributed by atoms with van der Waals surface area (Å²) in [4.78, 5) is 28.9. The Morgan fingerprint density at radius 2 is 2.10 bits per heavy atom. The Bertz CT molecular complexity index is 1030. The van der Waals surface area contributed by atoms with Gasteiger partial charge in [-0.2, -0.15) is 10.4 Å². The highest BCUT2D eigenvalue weighted by molar-refractivity contribution is 6.33. The molecule has 0 saturated heterocycles. The van der Waals surface area contributed by atoms with E-state index in [9.17, 15) is 9.59 Å². The normalized spacial score (nSPS) is 20.4. The molecule has 1 aliphatic heterocycles. The van der Waals surface area contributed by atoms with Gasteiger partial charge in [0.05, 0.1) is 17.3 Å². The van der Waals surface area contributed by atoms with Crippen molar-refractivity contribution in [3.8, 4) is 17.2 Å². The number of hydrogen-bond donors (Lipinski definition) is 2. The van der Waals surface area contributed by atoms with E-state index < -0.39 is 0 Å². The highest BCUT2D eigenvalue weighted by atomic mass is 35.5. The molecule has 9 heteroatoms. The van der Waals surface area contributed by atoms with E-state index in [1.807, 2.05) is 23.0 Å². The number of aromatic nitrogens is 3. The molecule has 2 amide bonds. The minimum atomic E-state index is -0.290. The largest absolute Gasteiger partial charge is 0.352 e. The molecular formula is C22H25ClN6O2. The Morgan fingerprint density at radius 1 is 1.23 bits per heavy atom. The molecule has 1 fully saturated rings. The second kappa shape index (κ2) is 9.48. The van der Waals surface area contributed by atoms with Gasteiger partial charge in [-0.25, -0.2) is 4.98 Å². The first-order valence-corrected chi connectivity index (χ1v) is 11.1. The molecule has 0 bridgehead atoms. The molecule has 0 unspecified atom stereocenters. The third-order valence-corrected chi connectivity index (χ3v) is 6.33. The van der Waals surface area contributed by atoms with E-state index in [0.29, 0.717) is 17.3 Å². The number of pyridine rings is 1. The van der Waals surface area contributed by atoms with Gasteiger partial charge in [0.1, 0.15) is 12.2 Å². The van der Waals surface area contributed by atoms with Crippen LogP contribution in [-0.4, -0.2) is 32.6 Å². The van der Waals surface area contributed by atoms with E-state index in [-0.39, 0.29) is 30.2 Å². The van der Waals surface area contributed by atoms with E-state index >= 15 is 0 Å². The van der Waals surface area contributed by atoms with Gasteiger partial charge in [-0.05, 0) is 44.6 Å². The first-order valence-electron chi connectivity index (χ1n) is 10.7. The maximum absolute atomic E-state index is 12.9. The van der Waals surface area contributed by atoms with E-state index in [1.165, 1.54) is 5.69 Å². The van der Waals surface area contributed by atoms with Gasteiger partial charge in [-0.1, -0.05) is 18.0 Å². The van der Waals surface area contributed by atoms with Crippen LogP contribution in [-0.2, 0) is 22.6 Å². The number of hydrogen-bond acceptors (Lipinski definition) is 5. The zero-order chi connectivity index (χ0) is 21.8. The van der Waals surface area contributed by atoms with Crippen LogP contribution in [0.25, 0.3) is 11.1 Å². The van der Waals surface area contributed by atoms with Crippen molar-refractivity contribution in [1.82, 2.24) is 20.1 Å². The van der Waals surface area contributed by atoms with Crippen LogP contribution in [0.5, 0.6) is 0 Å². The van der Waals surface area contributed by atoms with Gasteiger partial charge in [0.2, 0.25) is 11.8 Å². The topological polar surface area (TPSA) is 113 Å². The van der Waals surface area contributed by atoms with Gasteiger partial charge in [0.25, 0.3) is 0 Å². The van der Waals surface area contributed by atoms with Crippen LogP contribution in [0.3, 0.4) is 0 Å². The Balaban J connectivity index is 1.45. The number of anilines is 1. The molecule has 4 rings (SSSR count). The fourth-order valence-corrected chi connectivity index (χ4v) is 4.70. The summed E-state index contributed by atoms with van der Waals surface area (Å²) in [6, 6.07) is 3.57. The number of nitrogens with zero attached hydrogens (tertiary/aromatic N) is 4. The molecule has 1 saturated carbocycles. The van der Waals surface area contributed by atoms with Gasteiger partial charge in [0, 0.05) is 41.5 Å². The van der Waals surface area contributed by atoms with Crippen molar-refractivity contribution in [2.45, 2.75) is 64.0 Å². The number of carbonyl (C=O) groups excluding carboxylic acids is 2. The molecule has 0 spiro atoms. The summed E-state index contributed by atoms with van der Waals surface area (Å²) in [6.07, 6.45) is 9.41. The highest BCUT2D eigenvalue weighted by Gasteiger charge is 2.28. The van der Waals surface area contributed by atoms with Crippen LogP contribution in [0.2, 0.25) is 5.02 Å². The van der Waals surface area contributed by atoms with Crippen LogP contribution in [0, 0.1) is 17.2 Å². The van der Waals surface area contributed by atoms with Gasteiger partial charge < -0.3 is 10.6 Å². The molecule has 162 valence electrons. The first kappa shape index (κ1) is 21.3. The van der Waals surface area contributed by atoms with Crippen LogP contribution >= 0.6 is 11.6 Å². The molecule has 2 aromatic heterocycles. The summed E-state index contributed by atoms with van der Waals surface area (Å²) in [7, 11) is 0. The standard InChI is InChI=1S/C22H25ClN6O2/c23-18-13-25-20(11-16(18)17-12-26-29-9-2-1-6-19(17)29)28-22(31)14-4-3-5-15(10-14)27-21(30)7-8-24/h11-15H,1-7,9-10H2,(H,27,30)(H,25,28,31)/t14-,15+/m0/s1. The van der Waals surface area contributed by atoms with Crippen molar-refractivity contribution in [3.63, 3.8) is 0 Å². The van der Waals surface area contributed by atoms with Crippen LogP contribution in [0.1, 0.15) is 50.6 Å². The van der Waals surface area contributed by atoms with Crippen molar-refractivity contribution in [2.75, 3.05) is 5.32 Å². The average Bonchev–Trinajstić information content (AvgIpc) is 3.19. The number of amides is 2. The summed E-state index contributed by atoms with van der Waals surface area (Å²) in [5, 5.41) is 19.4. The summed E-state index contributed by atoms with van der Waals surface area (Å²) >= 11 is 6.43. The Labute approximate surface area is 186 Å². The zero-order valence-electron chi connectivity index (χ0n) is 17.2. The SMILES string of the molecule is N#CCC(=O)N[C@@H]1CCC[C@H](C(=O)Nc2cc(-c3cnn4c3CCCC4)c(Cl)cn2)C1. The molecule has 2 aliphatic rings. The predicted octanol–water partition coefficient (Wildman–Crippen LogP) is 3.46. The lowest BCUT2D eigenvalue weighted by atomic mass is 9.85. The van der Waals surface area contributed by atoms with E-state index in [0.717, 1.165) is 56.2 Å². The maximum Gasteiger partial charge on any atom is 0.234 e. The summed E-state index contributed by atoms with van der Waals surface area (Å²) in [6.45, 7) is 0.912. The molecule has 8 nitrogen and oxygen atoms in total. The van der Waals surface area contributed by atoms with Crippen LogP contribution in [0.15, 0.2) is 18.5 Å². The number of halogens is 1. The van der Waals surface area contributed by atoms with Crippen molar-refractivity contribution < 1.29 is 9.59 Å². The van der Waals surface area contributed by atoms with Crippen LogP contribution < -0.4 is 10.6 Å². The molecule has 3 heterocycles. The number of fused-ring (bicyclic) bond motifs is 1. The van der Waals surface area contributed by atoms with Gasteiger partial charge in [-0.15, -0.1) is 0 Å². The molecule has 1 aliphatic carbocycles. The Kier molecular flexibility index (Phi) is 6.52. The smallest absolute Gasteiger partial charge is 0.234 e. The highest BCUT2D eigenvalue weighted by Crippen LogP contribution is 2.34. The molecule has 2 N–H and O–H groups in total. The van der Waals surface area contributed by atoms with Gasteiger partial charge in [0.15, 0.2) is 0 Å². The molecule has 0 aromatic carbocycles. The van der Waals surface area contributed by atoms with Crippen molar-refractivity contribution in [3.05, 3.63) is 29.2 Å². The number of carbonyl (C=O) groups is 2. The lowest BCUT2D eigenvalue weighted by Crippen LogP contribution is -2.40. The van der Waals surface area contributed by atoms with Crippen molar-refractivity contribution in [1.29, 1.82) is 5.26 Å². The zero-order valence-corrected chi connectivity index (χ0v) is 18.0. The fraction of sp³-hybridized carbons (Fsp3) is 0.500. The third-order valence-electron chi connectivity index (χ3n) is 6.03. The minimum Gasteiger partial charge on any atom is -0.352 e. The second-order valence-corrected chi connectivity index (χ2v) is 8.59. The summed E-state index contributed by atoms with van der Waals surface area (Å²) in [5.41, 5.74) is 2.97. The maximum atomic E-state index is 12.9. The minimum absolute atomic E-state index is 0.0852. The number of rotatable bonds is 5. The lowest BCUT2D eigenvalue weighted by Gasteiger charge is -2.28. The number of nitriles is 1. The third kappa shape index (κ3) is 4.88. The number of nitrogens with one attached hydrogen (secondary N) is 2. The van der Waals surface area contributed by atoms with Crippen LogP contribution in [0.4, 0.5) is 5.82 Å². The van der Waals surface area contributed by atoms with Gasteiger partial charge in [-0.3, -0.25) is 14.3 Å². The predicted molar refractivity (Wildman–Crippen MR) is 116 cm³/mol. The van der Waals surface area contributed by atoms with E-state index in [2.05, 4.69) is 20.7 Å². The summed E-state index contributed by atoms with van der Waals surface area (Å²) < 4.78 is 2.02. The molecule has 2 aromatic rings. The first-order chi connectivity index (χ1) is 15.0. The molecule has 0 radical (unpaired) electrons. The monoisotopic (exact) mass is 440 g/mol. The van der Waals surface area contributed by atoms with Gasteiger partial charge >= 0.3 is 0 Å². The van der Waals surface area contributed by atoms with E-state index in [1.54, 1.807) is 6.20 Å². The fourth-order valence-electron chi connectivity index (χ4n) is 4.50. The average molecular weight is 441 g/mol. The number of aryl methyl sites for hydroxylation is 1. The van der Waals surface area contributed by atoms with E-state index in [4.69, 9.17) is 16.9 Å². The molecular weight excluding hydrogens is 416 g/mol. The summed E-state index contributed by atoms with van der Waals surface area (Å²) in [5.74, 6) is -0.166. The van der Waals surface area contributed by atoms with Crippen molar-refractivity contribution in [2.24, 2.45) is 5.92 Å². The van der Waals surface area contributed by atoms with Crippen molar-refractivity contribution >= 4 is 29.2 Å². The second-order valence-electron chi connectivity index (χ2n) is 8.19.